The fourth-order valence-corrected chi connectivity index (χ4v) is 7.38. The molecule has 4 aromatic carbocycles. The largest absolute Gasteiger partial charge is 0.392 e. The maximum absolute atomic E-state index is 13.0. The van der Waals surface area contributed by atoms with E-state index in [-0.39, 0.29) is 37.2 Å². The summed E-state index contributed by atoms with van der Waals surface area (Å²) in [4.78, 5) is 29.9. The van der Waals surface area contributed by atoms with Crippen molar-refractivity contribution in [1.82, 2.24) is 9.80 Å². The number of hydrogen-bond donors (Lipinski definition) is 1. The van der Waals surface area contributed by atoms with Crippen LogP contribution in [0.2, 0.25) is 0 Å². The number of benzene rings is 4. The molecule has 0 radical (unpaired) electrons. The van der Waals surface area contributed by atoms with Gasteiger partial charge in [-0.25, -0.2) is 0 Å². The summed E-state index contributed by atoms with van der Waals surface area (Å²) in [6, 6.07) is 31.7. The summed E-state index contributed by atoms with van der Waals surface area (Å²) in [7, 11) is 0. The lowest BCUT2D eigenvalue weighted by atomic mass is 9.98. The number of rotatable bonds is 11. The van der Waals surface area contributed by atoms with Gasteiger partial charge in [-0.2, -0.15) is 0 Å². The number of ether oxygens (including phenoxy) is 2. The van der Waals surface area contributed by atoms with E-state index in [9.17, 15) is 14.7 Å². The molecule has 2 amide bonds. The van der Waals surface area contributed by atoms with E-state index >= 15 is 0 Å². The number of fused-ring (bicyclic) bond motifs is 1. The monoisotopic (exact) mass is 642 g/mol. The van der Waals surface area contributed by atoms with Gasteiger partial charge in [0.05, 0.1) is 36.5 Å². The number of hydrogen-bond acceptors (Lipinski definition) is 6. The van der Waals surface area contributed by atoms with Crippen LogP contribution in [0.15, 0.2) is 110 Å². The summed E-state index contributed by atoms with van der Waals surface area (Å²) in [5.41, 5.74) is 6.62. The van der Waals surface area contributed by atoms with Crippen molar-refractivity contribution < 1.29 is 24.2 Å². The number of imide groups is 1. The van der Waals surface area contributed by atoms with Crippen LogP contribution < -0.4 is 0 Å². The van der Waals surface area contributed by atoms with Crippen LogP contribution in [0.5, 0.6) is 0 Å². The van der Waals surface area contributed by atoms with Crippen molar-refractivity contribution in [3.63, 3.8) is 0 Å². The molecule has 0 unspecified atom stereocenters. The molecule has 7 heteroatoms. The zero-order valence-corrected chi connectivity index (χ0v) is 27.2. The second-order valence-electron chi connectivity index (χ2n) is 13.1. The highest BCUT2D eigenvalue weighted by Crippen LogP contribution is 2.40. The van der Waals surface area contributed by atoms with E-state index in [0.29, 0.717) is 17.2 Å². The first kappa shape index (κ1) is 32.2. The topological polar surface area (TPSA) is 79.3 Å². The van der Waals surface area contributed by atoms with E-state index in [1.807, 2.05) is 66.7 Å². The average molecular weight is 643 g/mol. The van der Waals surface area contributed by atoms with Crippen molar-refractivity contribution in [3.8, 4) is 11.1 Å². The summed E-state index contributed by atoms with van der Waals surface area (Å²) in [5.74, 6) is -0.520. The van der Waals surface area contributed by atoms with Crippen LogP contribution >= 0.6 is 0 Å². The average Bonchev–Trinajstić information content (AvgIpc) is 3.76. The van der Waals surface area contributed by atoms with Gasteiger partial charge >= 0.3 is 0 Å². The van der Waals surface area contributed by atoms with Crippen LogP contribution in [0.1, 0.15) is 87.5 Å². The first-order valence-electron chi connectivity index (χ1n) is 17.0. The highest BCUT2D eigenvalue weighted by atomic mass is 16.7. The fourth-order valence-electron chi connectivity index (χ4n) is 7.38. The lowest BCUT2D eigenvalue weighted by Gasteiger charge is -2.39. The molecule has 2 fully saturated rings. The lowest BCUT2D eigenvalue weighted by molar-refractivity contribution is -0.253. The van der Waals surface area contributed by atoms with Gasteiger partial charge in [-0.05, 0) is 64.9 Å². The van der Waals surface area contributed by atoms with Gasteiger partial charge in [0.15, 0.2) is 6.29 Å². The third-order valence-electron chi connectivity index (χ3n) is 9.90. The molecular formula is C41H42N2O5. The first-order chi connectivity index (χ1) is 23.5. The molecule has 7 rings (SSSR count). The molecule has 2 heterocycles. The SMILES string of the molecule is C=CCN(C[C@H]1C[C@@H](c2ccc(CO)cc2)O[C@@H](c2cccc(-c3cccc(CN4C(=O)c5ccccc5C4=O)c3)c2)O1)C1CCCC1. The van der Waals surface area contributed by atoms with Gasteiger partial charge in [-0.3, -0.25) is 19.4 Å². The van der Waals surface area contributed by atoms with E-state index in [1.54, 1.807) is 24.3 Å². The third-order valence-corrected chi connectivity index (χ3v) is 9.90. The Morgan fingerprint density at radius 2 is 1.48 bits per heavy atom. The molecule has 7 nitrogen and oxygen atoms in total. The number of carbonyl (C=O) groups is 2. The lowest BCUT2D eigenvalue weighted by Crippen LogP contribution is -2.43. The van der Waals surface area contributed by atoms with Crippen LogP contribution in [-0.4, -0.2) is 52.0 Å². The van der Waals surface area contributed by atoms with Crippen LogP contribution in [0.4, 0.5) is 0 Å². The molecule has 4 aromatic rings. The van der Waals surface area contributed by atoms with Crippen LogP contribution in [-0.2, 0) is 22.6 Å². The van der Waals surface area contributed by atoms with Crippen LogP contribution in [0, 0.1) is 0 Å². The number of nitrogens with zero attached hydrogens (tertiary/aromatic N) is 2. The Morgan fingerprint density at radius 3 is 2.17 bits per heavy atom. The number of aliphatic hydroxyl groups is 1. The Morgan fingerprint density at radius 1 is 0.792 bits per heavy atom. The third kappa shape index (κ3) is 6.78. The number of aliphatic hydroxyl groups excluding tert-OH is 1. The highest BCUT2D eigenvalue weighted by molar-refractivity contribution is 6.21. The van der Waals surface area contributed by atoms with Gasteiger partial charge in [0.25, 0.3) is 11.8 Å². The molecule has 0 spiro atoms. The normalized spacial score (nSPS) is 21.2. The molecular weight excluding hydrogens is 600 g/mol. The standard InChI is InChI=1S/C41H42N2O5/c1-2-21-42(34-13-3-4-14-34)26-35-24-38(30-19-17-28(27-44)18-20-30)48-41(47-35)33-12-8-11-32(23-33)31-10-7-9-29(22-31)25-43-39(45)36-15-5-6-16-37(36)40(43)46/h2,5-12,15-20,22-23,34-35,38,41,44H,1,3-4,13-14,21,24-27H2/t35-,38+,41+/m1/s1. The van der Waals surface area contributed by atoms with Gasteiger partial charge < -0.3 is 14.6 Å². The number of amides is 2. The first-order valence-corrected chi connectivity index (χ1v) is 17.0. The maximum Gasteiger partial charge on any atom is 0.261 e. The smallest absolute Gasteiger partial charge is 0.261 e. The van der Waals surface area contributed by atoms with Crippen molar-refractivity contribution >= 4 is 11.8 Å². The predicted molar refractivity (Wildman–Crippen MR) is 185 cm³/mol. The molecule has 3 aliphatic rings. The molecule has 1 saturated carbocycles. The zero-order valence-electron chi connectivity index (χ0n) is 27.2. The Labute approximate surface area is 282 Å². The van der Waals surface area contributed by atoms with E-state index < -0.39 is 6.29 Å². The Kier molecular flexibility index (Phi) is 9.64. The predicted octanol–water partition coefficient (Wildman–Crippen LogP) is 7.62. The van der Waals surface area contributed by atoms with E-state index in [0.717, 1.165) is 52.9 Å². The van der Waals surface area contributed by atoms with E-state index in [2.05, 4.69) is 23.6 Å². The zero-order chi connectivity index (χ0) is 33.0. The minimum Gasteiger partial charge on any atom is -0.392 e. The summed E-state index contributed by atoms with van der Waals surface area (Å²) in [6.45, 7) is 5.88. The molecule has 0 aromatic heterocycles. The molecule has 2 aliphatic heterocycles. The van der Waals surface area contributed by atoms with E-state index in [4.69, 9.17) is 9.47 Å². The quantitative estimate of drug-likeness (QED) is 0.134. The fraction of sp³-hybridized carbons (Fsp3) is 0.317. The van der Waals surface area contributed by atoms with Crippen LogP contribution in [0.3, 0.4) is 0 Å². The van der Waals surface area contributed by atoms with E-state index in [1.165, 1.54) is 30.6 Å². The molecule has 48 heavy (non-hydrogen) atoms. The van der Waals surface area contributed by atoms with Crippen molar-refractivity contribution in [1.29, 1.82) is 0 Å². The van der Waals surface area contributed by atoms with Crippen LogP contribution in [0.25, 0.3) is 11.1 Å². The van der Waals surface area contributed by atoms with Crippen molar-refractivity contribution in [2.45, 2.75) is 69.8 Å². The Balaban J connectivity index is 1.13. The minimum atomic E-state index is -0.568. The van der Waals surface area contributed by atoms with Crippen molar-refractivity contribution in [2.24, 2.45) is 0 Å². The van der Waals surface area contributed by atoms with Crippen molar-refractivity contribution in [2.75, 3.05) is 13.1 Å². The minimum absolute atomic E-state index is 0.00432. The Bertz CT molecular complexity index is 1740. The summed E-state index contributed by atoms with van der Waals surface area (Å²) in [6.07, 6.45) is 6.90. The van der Waals surface area contributed by atoms with Gasteiger partial charge in [-0.15, -0.1) is 6.58 Å². The van der Waals surface area contributed by atoms with Crippen molar-refractivity contribution in [3.05, 3.63) is 143 Å². The second-order valence-corrected chi connectivity index (χ2v) is 13.1. The summed E-state index contributed by atoms with van der Waals surface area (Å²) >= 11 is 0. The van der Waals surface area contributed by atoms with Gasteiger partial charge in [0.1, 0.15) is 0 Å². The summed E-state index contributed by atoms with van der Waals surface area (Å²) in [5, 5.41) is 9.60. The molecule has 0 bridgehead atoms. The maximum atomic E-state index is 13.0. The highest BCUT2D eigenvalue weighted by Gasteiger charge is 2.36. The van der Waals surface area contributed by atoms with Gasteiger partial charge in [-0.1, -0.05) is 91.7 Å². The molecule has 1 N–H and O–H groups in total. The molecule has 3 atom stereocenters. The Hall–Kier alpha value is -4.40. The molecule has 246 valence electrons. The second kappa shape index (κ2) is 14.4. The molecule has 1 aliphatic carbocycles. The van der Waals surface area contributed by atoms with Gasteiger partial charge in [0.2, 0.25) is 0 Å². The number of carbonyl (C=O) groups excluding carboxylic acids is 2. The molecule has 1 saturated heterocycles. The van der Waals surface area contributed by atoms with Gasteiger partial charge in [0, 0.05) is 31.1 Å². The summed E-state index contributed by atoms with van der Waals surface area (Å²) < 4.78 is 13.4.